The second-order valence-electron chi connectivity index (χ2n) is 6.50. The molecule has 0 aliphatic carbocycles. The molecule has 1 fully saturated rings. The van der Waals surface area contributed by atoms with Crippen molar-refractivity contribution >= 4 is 5.95 Å². The first kappa shape index (κ1) is 15.7. The first-order valence-corrected chi connectivity index (χ1v) is 8.43. The molecule has 2 aromatic heterocycles. The van der Waals surface area contributed by atoms with Gasteiger partial charge in [0.05, 0.1) is 12.2 Å². The summed E-state index contributed by atoms with van der Waals surface area (Å²) in [6.07, 6.45) is 5.96. The van der Waals surface area contributed by atoms with Crippen LogP contribution in [0.15, 0.2) is 61.1 Å². The highest BCUT2D eigenvalue weighted by atomic mass is 16.3. The summed E-state index contributed by atoms with van der Waals surface area (Å²) in [6, 6.07) is 13.8. The smallest absolute Gasteiger partial charge is 0.225 e. The maximum Gasteiger partial charge on any atom is 0.225 e. The Kier molecular flexibility index (Phi) is 3.93. The first-order valence-electron chi connectivity index (χ1n) is 8.43. The van der Waals surface area contributed by atoms with Crippen molar-refractivity contribution in [3.05, 3.63) is 72.2 Å². The van der Waals surface area contributed by atoms with E-state index in [0.29, 0.717) is 18.9 Å². The monoisotopic (exact) mass is 332 g/mol. The van der Waals surface area contributed by atoms with Gasteiger partial charge in [0, 0.05) is 30.7 Å². The summed E-state index contributed by atoms with van der Waals surface area (Å²) in [5.74, 6) is 0.644. The van der Waals surface area contributed by atoms with Crippen molar-refractivity contribution in [2.24, 2.45) is 0 Å². The van der Waals surface area contributed by atoms with Gasteiger partial charge in [-0.2, -0.15) is 0 Å². The molecule has 0 saturated carbocycles. The predicted octanol–water partition coefficient (Wildman–Crippen LogP) is 2.94. The minimum absolute atomic E-state index is 0.494. The Labute approximate surface area is 147 Å². The summed E-state index contributed by atoms with van der Waals surface area (Å²) in [5.41, 5.74) is 3.03. The maximum absolute atomic E-state index is 11.2. The summed E-state index contributed by atoms with van der Waals surface area (Å²) in [7, 11) is 0. The standard InChI is InChI=1S/C20H20N4O/c1-15-5-2-3-7-17(15)20(25)9-12-24(14-20)19-22-11-8-18(23-19)16-6-4-10-21-13-16/h2-8,10-11,13,25H,9,12,14H2,1H3. The van der Waals surface area contributed by atoms with Crippen molar-refractivity contribution in [1.82, 2.24) is 15.0 Å². The van der Waals surface area contributed by atoms with E-state index in [1.54, 1.807) is 18.6 Å². The number of hydrogen-bond acceptors (Lipinski definition) is 5. The van der Waals surface area contributed by atoms with E-state index in [2.05, 4.69) is 15.0 Å². The lowest BCUT2D eigenvalue weighted by Crippen LogP contribution is -2.32. The Morgan fingerprint density at radius 2 is 1.96 bits per heavy atom. The lowest BCUT2D eigenvalue weighted by atomic mass is 9.89. The van der Waals surface area contributed by atoms with E-state index in [-0.39, 0.29) is 0 Å². The number of nitrogens with zero attached hydrogens (tertiary/aromatic N) is 4. The van der Waals surface area contributed by atoms with E-state index >= 15 is 0 Å². The third-order valence-corrected chi connectivity index (χ3v) is 4.78. The molecule has 5 heteroatoms. The Bertz CT molecular complexity index is 884. The van der Waals surface area contributed by atoms with Crippen LogP contribution in [-0.4, -0.2) is 33.1 Å². The van der Waals surface area contributed by atoms with E-state index in [0.717, 1.165) is 28.9 Å². The molecular formula is C20H20N4O. The van der Waals surface area contributed by atoms with Crippen LogP contribution in [0, 0.1) is 6.92 Å². The van der Waals surface area contributed by atoms with Gasteiger partial charge in [0.1, 0.15) is 5.60 Å². The molecule has 3 heterocycles. The SMILES string of the molecule is Cc1ccccc1C1(O)CCN(c2nccc(-c3cccnc3)n2)C1. The first-order chi connectivity index (χ1) is 12.2. The van der Waals surface area contributed by atoms with Gasteiger partial charge in [0.2, 0.25) is 5.95 Å². The largest absolute Gasteiger partial charge is 0.383 e. The lowest BCUT2D eigenvalue weighted by Gasteiger charge is -2.25. The van der Waals surface area contributed by atoms with Gasteiger partial charge >= 0.3 is 0 Å². The van der Waals surface area contributed by atoms with Crippen LogP contribution < -0.4 is 4.90 Å². The number of hydrogen-bond donors (Lipinski definition) is 1. The zero-order valence-corrected chi connectivity index (χ0v) is 14.1. The molecule has 25 heavy (non-hydrogen) atoms. The molecule has 1 unspecified atom stereocenters. The molecule has 126 valence electrons. The zero-order chi connectivity index (χ0) is 17.3. The highest BCUT2D eigenvalue weighted by molar-refractivity contribution is 5.59. The van der Waals surface area contributed by atoms with Gasteiger partial charge in [-0.3, -0.25) is 4.98 Å². The molecule has 0 amide bonds. The van der Waals surface area contributed by atoms with Crippen LogP contribution in [0.25, 0.3) is 11.3 Å². The van der Waals surface area contributed by atoms with Crippen molar-refractivity contribution in [3.63, 3.8) is 0 Å². The highest BCUT2D eigenvalue weighted by Crippen LogP contribution is 2.35. The number of aliphatic hydroxyl groups is 1. The molecule has 1 saturated heterocycles. The average Bonchev–Trinajstić information content (AvgIpc) is 3.06. The second kappa shape index (κ2) is 6.26. The number of aryl methyl sites for hydroxylation is 1. The van der Waals surface area contributed by atoms with Gasteiger partial charge < -0.3 is 10.0 Å². The van der Waals surface area contributed by atoms with Crippen LogP contribution in [0.2, 0.25) is 0 Å². The van der Waals surface area contributed by atoms with Gasteiger partial charge in [-0.25, -0.2) is 9.97 Å². The van der Waals surface area contributed by atoms with Crippen molar-refractivity contribution in [2.45, 2.75) is 18.9 Å². The number of rotatable bonds is 3. The normalized spacial score (nSPS) is 20.0. The van der Waals surface area contributed by atoms with E-state index < -0.39 is 5.60 Å². The molecule has 1 aliphatic heterocycles. The van der Waals surface area contributed by atoms with Crippen molar-refractivity contribution in [1.29, 1.82) is 0 Å². The third-order valence-electron chi connectivity index (χ3n) is 4.78. The van der Waals surface area contributed by atoms with E-state index in [1.165, 1.54) is 0 Å². The Balaban J connectivity index is 1.61. The maximum atomic E-state index is 11.2. The van der Waals surface area contributed by atoms with Gasteiger partial charge in [-0.1, -0.05) is 24.3 Å². The van der Waals surface area contributed by atoms with Crippen LogP contribution >= 0.6 is 0 Å². The van der Waals surface area contributed by atoms with Gasteiger partial charge in [-0.05, 0) is 42.7 Å². The molecule has 0 spiro atoms. The van der Waals surface area contributed by atoms with Crippen molar-refractivity contribution in [2.75, 3.05) is 18.0 Å². The van der Waals surface area contributed by atoms with Crippen LogP contribution in [-0.2, 0) is 5.60 Å². The fourth-order valence-electron chi connectivity index (χ4n) is 3.46. The predicted molar refractivity (Wildman–Crippen MR) is 97.2 cm³/mol. The third kappa shape index (κ3) is 2.98. The lowest BCUT2D eigenvalue weighted by molar-refractivity contribution is 0.0599. The molecule has 1 aromatic carbocycles. The quantitative estimate of drug-likeness (QED) is 0.799. The summed E-state index contributed by atoms with van der Waals surface area (Å²) in [5, 5.41) is 11.2. The minimum Gasteiger partial charge on any atom is -0.383 e. The Morgan fingerprint density at radius 3 is 2.76 bits per heavy atom. The fraction of sp³-hybridized carbons (Fsp3) is 0.250. The minimum atomic E-state index is -0.862. The van der Waals surface area contributed by atoms with Gasteiger partial charge in [0.15, 0.2) is 0 Å². The fourth-order valence-corrected chi connectivity index (χ4v) is 3.46. The molecule has 1 atom stereocenters. The highest BCUT2D eigenvalue weighted by Gasteiger charge is 2.39. The summed E-state index contributed by atoms with van der Waals surface area (Å²) < 4.78 is 0. The second-order valence-corrected chi connectivity index (χ2v) is 6.50. The molecule has 4 rings (SSSR count). The van der Waals surface area contributed by atoms with E-state index in [1.807, 2.05) is 54.3 Å². The Hall–Kier alpha value is -2.79. The molecule has 5 nitrogen and oxygen atoms in total. The summed E-state index contributed by atoms with van der Waals surface area (Å²) >= 11 is 0. The van der Waals surface area contributed by atoms with Crippen LogP contribution in [0.3, 0.4) is 0 Å². The molecule has 1 N–H and O–H groups in total. The van der Waals surface area contributed by atoms with Crippen molar-refractivity contribution < 1.29 is 5.11 Å². The van der Waals surface area contributed by atoms with Crippen LogP contribution in [0.4, 0.5) is 5.95 Å². The van der Waals surface area contributed by atoms with E-state index in [9.17, 15) is 5.11 Å². The molecule has 0 radical (unpaired) electrons. The molecule has 0 bridgehead atoms. The van der Waals surface area contributed by atoms with Crippen LogP contribution in [0.5, 0.6) is 0 Å². The molecular weight excluding hydrogens is 312 g/mol. The number of anilines is 1. The van der Waals surface area contributed by atoms with Gasteiger partial charge in [-0.15, -0.1) is 0 Å². The Morgan fingerprint density at radius 1 is 1.08 bits per heavy atom. The zero-order valence-electron chi connectivity index (χ0n) is 14.1. The van der Waals surface area contributed by atoms with Crippen LogP contribution in [0.1, 0.15) is 17.5 Å². The van der Waals surface area contributed by atoms with E-state index in [4.69, 9.17) is 0 Å². The topological polar surface area (TPSA) is 62.1 Å². The molecule has 3 aromatic rings. The number of β-amino-alcohol motifs (C(OH)–C–C–N with tert-alkyl or cyclic N) is 1. The average molecular weight is 332 g/mol. The number of benzene rings is 1. The summed E-state index contributed by atoms with van der Waals surface area (Å²) in [4.78, 5) is 15.3. The number of aromatic nitrogens is 3. The number of pyridine rings is 1. The van der Waals surface area contributed by atoms with Crippen molar-refractivity contribution in [3.8, 4) is 11.3 Å². The van der Waals surface area contributed by atoms with Gasteiger partial charge in [0.25, 0.3) is 0 Å². The summed E-state index contributed by atoms with van der Waals surface area (Å²) in [6.45, 7) is 3.26. The molecule has 1 aliphatic rings.